The number of fused-ring (bicyclic) bond motifs is 1. The average Bonchev–Trinajstić information content (AvgIpc) is 3.13. The second-order valence-electron chi connectivity index (χ2n) is 9.66. The Hall–Kier alpha value is -1.60. The molecule has 4 rings (SSSR count). The summed E-state index contributed by atoms with van der Waals surface area (Å²) in [6.45, 7) is 13.3. The first kappa shape index (κ1) is 19.7. The average molecular weight is 389 g/mol. The number of rotatable bonds is 2. The maximum Gasteiger partial charge on any atom is 0.318 e. The summed E-state index contributed by atoms with van der Waals surface area (Å²) in [7, 11) is 0. The lowest BCUT2D eigenvalue weighted by atomic mass is 9.90. The molecule has 1 saturated heterocycles. The number of carbonyl (C=O) groups excluding carboxylic acids is 1. The SMILES string of the molecule is CC(C)(C)c1cc2n(n1)CCN(C(=O)NC1CCC(N3CCNCC3)CC1)C2. The van der Waals surface area contributed by atoms with Crippen LogP contribution in [-0.2, 0) is 18.5 Å². The van der Waals surface area contributed by atoms with Crippen LogP contribution in [0.4, 0.5) is 4.79 Å². The zero-order chi connectivity index (χ0) is 19.7. The van der Waals surface area contributed by atoms with Crippen LogP contribution in [0.1, 0.15) is 57.8 Å². The number of amides is 2. The Labute approximate surface area is 168 Å². The fraction of sp³-hybridized carbons (Fsp3) is 0.810. The number of urea groups is 1. The van der Waals surface area contributed by atoms with Crippen molar-refractivity contribution in [3.05, 3.63) is 17.5 Å². The monoisotopic (exact) mass is 388 g/mol. The molecule has 2 fully saturated rings. The number of hydrogen-bond donors (Lipinski definition) is 2. The number of carbonyl (C=O) groups is 1. The quantitative estimate of drug-likeness (QED) is 0.812. The molecule has 0 atom stereocenters. The lowest BCUT2D eigenvalue weighted by Gasteiger charge is -2.39. The third-order valence-corrected chi connectivity index (χ3v) is 6.55. The zero-order valence-electron chi connectivity index (χ0n) is 17.7. The van der Waals surface area contributed by atoms with E-state index in [2.05, 4.69) is 47.1 Å². The van der Waals surface area contributed by atoms with Gasteiger partial charge in [-0.3, -0.25) is 9.58 Å². The molecule has 0 radical (unpaired) electrons. The summed E-state index contributed by atoms with van der Waals surface area (Å²) in [6, 6.07) is 3.28. The molecule has 1 saturated carbocycles. The predicted octanol–water partition coefficient (Wildman–Crippen LogP) is 1.92. The Bertz CT molecular complexity index is 680. The van der Waals surface area contributed by atoms with Gasteiger partial charge in [-0.2, -0.15) is 5.10 Å². The van der Waals surface area contributed by atoms with E-state index in [1.165, 1.54) is 25.9 Å². The van der Waals surface area contributed by atoms with Crippen LogP contribution in [-0.4, -0.2) is 70.4 Å². The minimum Gasteiger partial charge on any atom is -0.335 e. The van der Waals surface area contributed by atoms with Gasteiger partial charge in [0.2, 0.25) is 0 Å². The van der Waals surface area contributed by atoms with Crippen molar-refractivity contribution >= 4 is 6.03 Å². The molecule has 156 valence electrons. The van der Waals surface area contributed by atoms with Gasteiger partial charge in [-0.1, -0.05) is 20.8 Å². The third-order valence-electron chi connectivity index (χ3n) is 6.55. The van der Waals surface area contributed by atoms with Gasteiger partial charge in [0.15, 0.2) is 0 Å². The van der Waals surface area contributed by atoms with E-state index in [1.807, 2.05) is 4.90 Å². The molecule has 7 nitrogen and oxygen atoms in total. The Morgan fingerprint density at radius 1 is 1.11 bits per heavy atom. The smallest absolute Gasteiger partial charge is 0.318 e. The van der Waals surface area contributed by atoms with Crippen molar-refractivity contribution in [1.82, 2.24) is 30.2 Å². The molecule has 0 spiro atoms. The van der Waals surface area contributed by atoms with E-state index in [9.17, 15) is 4.79 Å². The molecule has 3 heterocycles. The molecule has 0 bridgehead atoms. The van der Waals surface area contributed by atoms with Gasteiger partial charge >= 0.3 is 6.03 Å². The number of nitrogens with zero attached hydrogens (tertiary/aromatic N) is 4. The lowest BCUT2D eigenvalue weighted by molar-refractivity contribution is 0.125. The Kier molecular flexibility index (Phi) is 5.65. The molecule has 2 N–H and O–H groups in total. The topological polar surface area (TPSA) is 65.4 Å². The summed E-state index contributed by atoms with van der Waals surface area (Å²) >= 11 is 0. The Balaban J connectivity index is 1.27. The molecule has 1 aliphatic carbocycles. The molecule has 7 heteroatoms. The van der Waals surface area contributed by atoms with E-state index in [0.717, 1.165) is 50.4 Å². The fourth-order valence-corrected chi connectivity index (χ4v) is 4.70. The largest absolute Gasteiger partial charge is 0.335 e. The van der Waals surface area contributed by atoms with Gasteiger partial charge in [0.25, 0.3) is 0 Å². The van der Waals surface area contributed by atoms with Crippen molar-refractivity contribution in [2.75, 3.05) is 32.7 Å². The van der Waals surface area contributed by atoms with E-state index in [0.29, 0.717) is 18.6 Å². The van der Waals surface area contributed by atoms with E-state index >= 15 is 0 Å². The highest BCUT2D eigenvalue weighted by molar-refractivity contribution is 5.74. The van der Waals surface area contributed by atoms with Gasteiger partial charge in [-0.25, -0.2) is 4.79 Å². The van der Waals surface area contributed by atoms with Crippen molar-refractivity contribution in [2.24, 2.45) is 0 Å². The third kappa shape index (κ3) is 4.35. The van der Waals surface area contributed by atoms with E-state index in [4.69, 9.17) is 5.10 Å². The lowest BCUT2D eigenvalue weighted by Crippen LogP contribution is -2.52. The maximum absolute atomic E-state index is 12.8. The van der Waals surface area contributed by atoms with Crippen LogP contribution >= 0.6 is 0 Å². The summed E-state index contributed by atoms with van der Waals surface area (Å²) in [5.41, 5.74) is 2.30. The number of hydrogen-bond acceptors (Lipinski definition) is 4. The maximum atomic E-state index is 12.8. The van der Waals surface area contributed by atoms with Crippen molar-refractivity contribution in [3.63, 3.8) is 0 Å². The van der Waals surface area contributed by atoms with Crippen molar-refractivity contribution in [2.45, 2.75) is 77.0 Å². The van der Waals surface area contributed by atoms with Gasteiger partial charge in [-0.15, -0.1) is 0 Å². The molecule has 2 amide bonds. The van der Waals surface area contributed by atoms with Gasteiger partial charge < -0.3 is 15.5 Å². The predicted molar refractivity (Wildman–Crippen MR) is 110 cm³/mol. The summed E-state index contributed by atoms with van der Waals surface area (Å²) in [5, 5.41) is 11.5. The molecule has 28 heavy (non-hydrogen) atoms. The Morgan fingerprint density at radius 3 is 2.50 bits per heavy atom. The van der Waals surface area contributed by atoms with Crippen LogP contribution in [0, 0.1) is 0 Å². The fourth-order valence-electron chi connectivity index (χ4n) is 4.70. The second kappa shape index (κ2) is 8.03. The van der Waals surface area contributed by atoms with Crippen LogP contribution in [0.2, 0.25) is 0 Å². The normalized spacial score (nSPS) is 26.8. The van der Waals surface area contributed by atoms with Crippen LogP contribution in [0.15, 0.2) is 6.07 Å². The molecular weight excluding hydrogens is 352 g/mol. The minimum absolute atomic E-state index is 0.0421. The highest BCUT2D eigenvalue weighted by Gasteiger charge is 2.30. The summed E-state index contributed by atoms with van der Waals surface area (Å²) in [6.07, 6.45) is 4.60. The second-order valence-corrected chi connectivity index (χ2v) is 9.66. The van der Waals surface area contributed by atoms with Gasteiger partial charge in [-0.05, 0) is 31.7 Å². The van der Waals surface area contributed by atoms with Gasteiger partial charge in [0, 0.05) is 50.2 Å². The van der Waals surface area contributed by atoms with E-state index < -0.39 is 0 Å². The zero-order valence-corrected chi connectivity index (χ0v) is 17.7. The van der Waals surface area contributed by atoms with Gasteiger partial charge in [0.1, 0.15) is 0 Å². The number of aromatic nitrogens is 2. The minimum atomic E-state index is 0.0421. The van der Waals surface area contributed by atoms with Crippen molar-refractivity contribution in [3.8, 4) is 0 Å². The van der Waals surface area contributed by atoms with Crippen molar-refractivity contribution < 1.29 is 4.79 Å². The first-order chi connectivity index (χ1) is 13.4. The molecule has 1 aromatic heterocycles. The van der Waals surface area contributed by atoms with E-state index in [1.54, 1.807) is 0 Å². The summed E-state index contributed by atoms with van der Waals surface area (Å²) in [5.74, 6) is 0. The number of piperazine rings is 1. The van der Waals surface area contributed by atoms with Crippen LogP contribution in [0.3, 0.4) is 0 Å². The summed E-state index contributed by atoms with van der Waals surface area (Å²) < 4.78 is 2.07. The molecule has 1 aromatic rings. The number of nitrogens with one attached hydrogen (secondary N) is 2. The van der Waals surface area contributed by atoms with E-state index in [-0.39, 0.29) is 11.4 Å². The summed E-state index contributed by atoms with van der Waals surface area (Å²) in [4.78, 5) is 17.4. The van der Waals surface area contributed by atoms with Gasteiger partial charge in [0.05, 0.1) is 24.5 Å². The molecule has 3 aliphatic rings. The first-order valence-electron chi connectivity index (χ1n) is 11.0. The standard InChI is InChI=1S/C21H36N6O/c1-21(2,3)19-14-18-15-26(12-13-27(18)24-19)20(28)23-16-4-6-17(7-5-16)25-10-8-22-9-11-25/h14,16-17,22H,4-13,15H2,1-3H3,(H,23,28). The Morgan fingerprint density at radius 2 is 1.82 bits per heavy atom. The molecule has 2 aliphatic heterocycles. The highest BCUT2D eigenvalue weighted by Crippen LogP contribution is 2.25. The van der Waals surface area contributed by atoms with Crippen molar-refractivity contribution in [1.29, 1.82) is 0 Å². The first-order valence-corrected chi connectivity index (χ1v) is 11.0. The van der Waals surface area contributed by atoms with Crippen LogP contribution in [0.5, 0.6) is 0 Å². The van der Waals surface area contributed by atoms with Crippen LogP contribution in [0.25, 0.3) is 0 Å². The highest BCUT2D eigenvalue weighted by atomic mass is 16.2. The molecule has 0 unspecified atom stereocenters. The molecule has 0 aromatic carbocycles. The molecular formula is C21H36N6O. The van der Waals surface area contributed by atoms with Crippen LogP contribution < -0.4 is 10.6 Å².